The molecule has 0 aliphatic heterocycles. The van der Waals surface area contributed by atoms with Gasteiger partial charge in [-0.15, -0.1) is 11.8 Å². The molecule has 0 radical (unpaired) electrons. The van der Waals surface area contributed by atoms with Gasteiger partial charge in [0.1, 0.15) is 0 Å². The Morgan fingerprint density at radius 2 is 1.75 bits per heavy atom. The van der Waals surface area contributed by atoms with E-state index in [1.54, 1.807) is 25.6 Å². The van der Waals surface area contributed by atoms with Gasteiger partial charge in [-0.3, -0.25) is 4.79 Å². The average Bonchev–Trinajstić information content (AvgIpc) is 2.29. The maximum absolute atomic E-state index is 11.9. The van der Waals surface area contributed by atoms with Crippen molar-refractivity contribution < 1.29 is 9.90 Å². The van der Waals surface area contributed by atoms with Crippen molar-refractivity contribution in [1.29, 1.82) is 0 Å². The van der Waals surface area contributed by atoms with Crippen molar-refractivity contribution in [3.8, 4) is 0 Å². The summed E-state index contributed by atoms with van der Waals surface area (Å²) in [5.74, 6) is 1.17. The van der Waals surface area contributed by atoms with Crippen LogP contribution in [0.4, 0.5) is 0 Å². The molecule has 1 aromatic carbocycles. The highest BCUT2D eigenvalue weighted by Gasteiger charge is 2.36. The first-order valence-corrected chi connectivity index (χ1v) is 7.94. The lowest BCUT2D eigenvalue weighted by atomic mass is 9.86. The normalized spacial score (nSPS) is 12.3. The number of thioether (sulfide) groups is 1. The summed E-state index contributed by atoms with van der Waals surface area (Å²) in [5, 5.41) is 12.9. The number of carbonyl (C=O) groups is 1. The molecule has 0 heterocycles. The van der Waals surface area contributed by atoms with E-state index in [0.717, 1.165) is 5.75 Å². The number of hydrogen-bond donors (Lipinski definition) is 2. The molecule has 112 valence electrons. The van der Waals surface area contributed by atoms with Gasteiger partial charge in [0.25, 0.3) is 0 Å². The van der Waals surface area contributed by atoms with E-state index in [1.165, 1.54) is 11.1 Å². The zero-order valence-corrected chi connectivity index (χ0v) is 13.8. The van der Waals surface area contributed by atoms with Gasteiger partial charge in [0.2, 0.25) is 5.91 Å². The van der Waals surface area contributed by atoms with Crippen LogP contribution < -0.4 is 5.32 Å². The molecule has 2 N–H and O–H groups in total. The van der Waals surface area contributed by atoms with Gasteiger partial charge in [0, 0.05) is 5.75 Å². The summed E-state index contributed by atoms with van der Waals surface area (Å²) in [7, 11) is 0. The van der Waals surface area contributed by atoms with Crippen LogP contribution in [0.15, 0.2) is 24.3 Å². The molecular formula is C16H25NO2S. The maximum Gasteiger partial charge on any atom is 0.230 e. The quantitative estimate of drug-likeness (QED) is 0.848. The fourth-order valence-electron chi connectivity index (χ4n) is 1.48. The monoisotopic (exact) mass is 295 g/mol. The number of benzene rings is 1. The smallest absolute Gasteiger partial charge is 0.230 e. The van der Waals surface area contributed by atoms with Crippen molar-refractivity contribution >= 4 is 17.7 Å². The Balaban J connectivity index is 2.39. The molecule has 0 spiro atoms. The third-order valence-electron chi connectivity index (χ3n) is 3.60. The molecule has 0 atom stereocenters. The SMILES string of the molecule is Cc1ccc(CSCC(=O)NC(C)(C)C(C)(C)O)cc1. The minimum Gasteiger partial charge on any atom is -0.388 e. The van der Waals surface area contributed by atoms with Crippen LogP contribution in [-0.2, 0) is 10.5 Å². The molecule has 0 bridgehead atoms. The number of hydrogen-bond acceptors (Lipinski definition) is 3. The van der Waals surface area contributed by atoms with E-state index in [9.17, 15) is 9.90 Å². The molecule has 3 nitrogen and oxygen atoms in total. The van der Waals surface area contributed by atoms with Crippen LogP contribution in [0.3, 0.4) is 0 Å². The second-order valence-electron chi connectivity index (χ2n) is 6.21. The summed E-state index contributed by atoms with van der Waals surface area (Å²) in [5.41, 5.74) is 0.859. The van der Waals surface area contributed by atoms with Crippen LogP contribution in [0, 0.1) is 6.92 Å². The van der Waals surface area contributed by atoms with E-state index in [1.807, 2.05) is 13.8 Å². The third kappa shape index (κ3) is 5.17. The Morgan fingerprint density at radius 1 is 1.20 bits per heavy atom. The number of rotatable bonds is 6. The topological polar surface area (TPSA) is 49.3 Å². The second-order valence-corrected chi connectivity index (χ2v) is 7.20. The Bertz CT molecular complexity index is 447. The summed E-state index contributed by atoms with van der Waals surface area (Å²) in [6, 6.07) is 8.32. The summed E-state index contributed by atoms with van der Waals surface area (Å²) in [6.45, 7) is 9.12. The standard InChI is InChI=1S/C16H25NO2S/c1-12-6-8-13(9-7-12)10-20-11-14(18)17-15(2,3)16(4,5)19/h6-9,19H,10-11H2,1-5H3,(H,17,18). The third-order valence-corrected chi connectivity index (χ3v) is 4.61. The predicted molar refractivity (Wildman–Crippen MR) is 85.9 cm³/mol. The highest BCUT2D eigenvalue weighted by molar-refractivity contribution is 7.99. The van der Waals surface area contributed by atoms with Gasteiger partial charge in [0.15, 0.2) is 0 Å². The number of nitrogens with one attached hydrogen (secondary N) is 1. The minimum atomic E-state index is -0.954. The molecular weight excluding hydrogens is 270 g/mol. The second kappa shape index (κ2) is 6.64. The molecule has 0 unspecified atom stereocenters. The fraction of sp³-hybridized carbons (Fsp3) is 0.562. The molecule has 0 saturated heterocycles. The largest absolute Gasteiger partial charge is 0.388 e. The lowest BCUT2D eigenvalue weighted by molar-refractivity contribution is -0.123. The van der Waals surface area contributed by atoms with Crippen LogP contribution in [0.5, 0.6) is 0 Å². The van der Waals surface area contributed by atoms with E-state index in [4.69, 9.17) is 0 Å². The van der Waals surface area contributed by atoms with Crippen molar-refractivity contribution in [1.82, 2.24) is 5.32 Å². The van der Waals surface area contributed by atoms with Gasteiger partial charge in [-0.25, -0.2) is 0 Å². The Morgan fingerprint density at radius 3 is 2.25 bits per heavy atom. The van der Waals surface area contributed by atoms with Gasteiger partial charge < -0.3 is 10.4 Å². The van der Waals surface area contributed by atoms with Crippen LogP contribution in [0.2, 0.25) is 0 Å². The van der Waals surface area contributed by atoms with E-state index >= 15 is 0 Å². The lowest BCUT2D eigenvalue weighted by Crippen LogP contribution is -2.58. The van der Waals surface area contributed by atoms with Gasteiger partial charge >= 0.3 is 0 Å². The van der Waals surface area contributed by atoms with Crippen molar-refractivity contribution in [2.75, 3.05) is 5.75 Å². The number of carbonyl (C=O) groups excluding carboxylic acids is 1. The number of aryl methyl sites for hydroxylation is 1. The molecule has 0 aliphatic rings. The van der Waals surface area contributed by atoms with E-state index in [0.29, 0.717) is 5.75 Å². The summed E-state index contributed by atoms with van der Waals surface area (Å²) in [6.07, 6.45) is 0. The molecule has 0 fully saturated rings. The molecule has 0 aromatic heterocycles. The maximum atomic E-state index is 11.9. The van der Waals surface area contributed by atoms with Crippen LogP contribution >= 0.6 is 11.8 Å². The van der Waals surface area contributed by atoms with Gasteiger partial charge in [0.05, 0.1) is 16.9 Å². The molecule has 4 heteroatoms. The molecule has 1 amide bonds. The summed E-state index contributed by atoms with van der Waals surface area (Å²) in [4.78, 5) is 11.9. The first kappa shape index (κ1) is 17.1. The summed E-state index contributed by atoms with van der Waals surface area (Å²) < 4.78 is 0. The highest BCUT2D eigenvalue weighted by Crippen LogP contribution is 2.21. The van der Waals surface area contributed by atoms with E-state index in [-0.39, 0.29) is 5.91 Å². The lowest BCUT2D eigenvalue weighted by Gasteiger charge is -2.38. The van der Waals surface area contributed by atoms with Crippen molar-refractivity contribution in [3.63, 3.8) is 0 Å². The van der Waals surface area contributed by atoms with Crippen LogP contribution in [0.25, 0.3) is 0 Å². The predicted octanol–water partition coefficient (Wildman–Crippen LogP) is 2.89. The molecule has 20 heavy (non-hydrogen) atoms. The Kier molecular flexibility index (Phi) is 5.66. The Labute approximate surface area is 126 Å². The average molecular weight is 295 g/mol. The highest BCUT2D eigenvalue weighted by atomic mass is 32.2. The zero-order valence-electron chi connectivity index (χ0n) is 13.0. The van der Waals surface area contributed by atoms with Gasteiger partial charge in [-0.05, 0) is 40.2 Å². The zero-order chi connectivity index (χ0) is 15.4. The van der Waals surface area contributed by atoms with Crippen LogP contribution in [-0.4, -0.2) is 27.9 Å². The van der Waals surface area contributed by atoms with E-state index in [2.05, 4.69) is 36.5 Å². The number of aliphatic hydroxyl groups is 1. The van der Waals surface area contributed by atoms with Crippen molar-refractivity contribution in [2.24, 2.45) is 0 Å². The molecule has 0 aliphatic carbocycles. The molecule has 1 rings (SSSR count). The van der Waals surface area contributed by atoms with Crippen LogP contribution in [0.1, 0.15) is 38.8 Å². The first-order valence-electron chi connectivity index (χ1n) is 6.78. The molecule has 0 saturated carbocycles. The Hall–Kier alpha value is -1.00. The fourth-order valence-corrected chi connectivity index (χ4v) is 2.27. The van der Waals surface area contributed by atoms with Crippen molar-refractivity contribution in [3.05, 3.63) is 35.4 Å². The molecule has 1 aromatic rings. The van der Waals surface area contributed by atoms with E-state index < -0.39 is 11.1 Å². The summed E-state index contributed by atoms with van der Waals surface area (Å²) >= 11 is 1.58. The first-order chi connectivity index (χ1) is 9.12. The van der Waals surface area contributed by atoms with Gasteiger partial charge in [-0.1, -0.05) is 29.8 Å². The van der Waals surface area contributed by atoms with Gasteiger partial charge in [-0.2, -0.15) is 0 Å². The number of amides is 1. The minimum absolute atomic E-state index is 0.0470. The van der Waals surface area contributed by atoms with Crippen molar-refractivity contribution in [2.45, 2.75) is 51.5 Å².